The number of ether oxygens (including phenoxy) is 1. The Morgan fingerprint density at radius 2 is 1.94 bits per heavy atom. The van der Waals surface area contributed by atoms with E-state index in [4.69, 9.17) is 9.84 Å². The highest BCUT2D eigenvalue weighted by molar-refractivity contribution is 5.29. The zero-order chi connectivity index (χ0) is 12.5. The normalized spacial score (nSPS) is 12.4. The van der Waals surface area contributed by atoms with Crippen LogP contribution >= 0.6 is 0 Å². The van der Waals surface area contributed by atoms with Gasteiger partial charge in [0.2, 0.25) is 0 Å². The maximum Gasteiger partial charge on any atom is 0.137 e. The maximum absolute atomic E-state index is 8.62. The molecule has 0 heterocycles. The molecular formula is C14H24NO2+. The summed E-state index contributed by atoms with van der Waals surface area (Å²) >= 11 is 0. The van der Waals surface area contributed by atoms with Crippen LogP contribution in [0.5, 0.6) is 5.75 Å². The van der Waals surface area contributed by atoms with Gasteiger partial charge in [0.05, 0.1) is 13.2 Å². The summed E-state index contributed by atoms with van der Waals surface area (Å²) in [5.41, 5.74) is 1.37. The van der Waals surface area contributed by atoms with Gasteiger partial charge in [0.1, 0.15) is 18.9 Å². The first-order valence-corrected chi connectivity index (χ1v) is 6.43. The first kappa shape index (κ1) is 14.0. The molecule has 3 nitrogen and oxygen atoms in total. The number of benzene rings is 1. The molecule has 0 aromatic heterocycles. The van der Waals surface area contributed by atoms with Crippen molar-refractivity contribution >= 4 is 0 Å². The summed E-state index contributed by atoms with van der Waals surface area (Å²) in [6.07, 6.45) is 1.16. The van der Waals surface area contributed by atoms with Crippen LogP contribution in [0.15, 0.2) is 24.3 Å². The number of nitrogens with two attached hydrogens (primary N) is 1. The van der Waals surface area contributed by atoms with Gasteiger partial charge in [-0.05, 0) is 30.0 Å². The fourth-order valence-corrected chi connectivity index (χ4v) is 1.62. The van der Waals surface area contributed by atoms with E-state index in [0.29, 0.717) is 12.5 Å². The van der Waals surface area contributed by atoms with E-state index in [-0.39, 0.29) is 6.61 Å². The monoisotopic (exact) mass is 238 g/mol. The fourth-order valence-electron chi connectivity index (χ4n) is 1.62. The molecule has 1 rings (SSSR count). The second kappa shape index (κ2) is 8.09. The molecule has 17 heavy (non-hydrogen) atoms. The Morgan fingerprint density at radius 3 is 2.53 bits per heavy atom. The molecule has 1 atom stereocenters. The molecule has 0 aliphatic carbocycles. The predicted octanol–water partition coefficient (Wildman–Crippen LogP) is 1.13. The van der Waals surface area contributed by atoms with Crippen LogP contribution in [0.3, 0.4) is 0 Å². The van der Waals surface area contributed by atoms with E-state index >= 15 is 0 Å². The molecule has 0 bridgehead atoms. The summed E-state index contributed by atoms with van der Waals surface area (Å²) in [4.78, 5) is 0. The van der Waals surface area contributed by atoms with Crippen molar-refractivity contribution in [2.75, 3.05) is 26.3 Å². The second-order valence-electron chi connectivity index (χ2n) is 4.32. The van der Waals surface area contributed by atoms with Crippen molar-refractivity contribution in [1.29, 1.82) is 0 Å². The highest BCUT2D eigenvalue weighted by Crippen LogP contribution is 2.21. The summed E-state index contributed by atoms with van der Waals surface area (Å²) in [6, 6.07) is 8.35. The average molecular weight is 238 g/mol. The standard InChI is InChI=1S/C14H23NO2/c1-3-12(2)13-4-6-14(7-5-13)17-11-9-15-8-10-16/h4-7,12,15-16H,3,8-11H2,1-2H3/p+1/t12-/m1/s1. The molecule has 0 aliphatic heterocycles. The van der Waals surface area contributed by atoms with Gasteiger partial charge in [-0.15, -0.1) is 0 Å². The van der Waals surface area contributed by atoms with E-state index in [1.165, 1.54) is 5.56 Å². The van der Waals surface area contributed by atoms with Crippen LogP contribution in [0.1, 0.15) is 31.7 Å². The van der Waals surface area contributed by atoms with Crippen molar-refractivity contribution in [2.45, 2.75) is 26.2 Å². The van der Waals surface area contributed by atoms with Gasteiger partial charge in [-0.3, -0.25) is 0 Å². The first-order valence-electron chi connectivity index (χ1n) is 6.43. The Labute approximate surface area is 104 Å². The van der Waals surface area contributed by atoms with E-state index in [1.807, 2.05) is 17.4 Å². The molecule has 0 amide bonds. The first-order chi connectivity index (χ1) is 8.27. The van der Waals surface area contributed by atoms with Crippen molar-refractivity contribution in [3.05, 3.63) is 29.8 Å². The Hall–Kier alpha value is -1.06. The summed E-state index contributed by atoms with van der Waals surface area (Å²) in [5.74, 6) is 1.54. The van der Waals surface area contributed by atoms with E-state index in [0.717, 1.165) is 25.3 Å². The highest BCUT2D eigenvalue weighted by atomic mass is 16.5. The van der Waals surface area contributed by atoms with Gasteiger partial charge in [0.25, 0.3) is 0 Å². The number of quaternary nitrogens is 1. The van der Waals surface area contributed by atoms with E-state index < -0.39 is 0 Å². The smallest absolute Gasteiger partial charge is 0.137 e. The van der Waals surface area contributed by atoms with Gasteiger partial charge in [-0.1, -0.05) is 26.0 Å². The highest BCUT2D eigenvalue weighted by Gasteiger charge is 2.02. The van der Waals surface area contributed by atoms with Crippen molar-refractivity contribution in [3.8, 4) is 5.75 Å². The van der Waals surface area contributed by atoms with Crippen LogP contribution < -0.4 is 10.1 Å². The quantitative estimate of drug-likeness (QED) is 0.667. The van der Waals surface area contributed by atoms with E-state index in [2.05, 4.69) is 26.0 Å². The van der Waals surface area contributed by atoms with Crippen molar-refractivity contribution < 1.29 is 15.2 Å². The number of aliphatic hydroxyl groups excluding tert-OH is 1. The molecule has 96 valence electrons. The third kappa shape index (κ3) is 5.20. The lowest BCUT2D eigenvalue weighted by molar-refractivity contribution is -0.656. The third-order valence-corrected chi connectivity index (χ3v) is 2.99. The molecule has 0 radical (unpaired) electrons. The van der Waals surface area contributed by atoms with Gasteiger partial charge in [0, 0.05) is 0 Å². The molecule has 3 heteroatoms. The molecule has 0 saturated heterocycles. The van der Waals surface area contributed by atoms with Crippen LogP contribution in [-0.2, 0) is 0 Å². The van der Waals surface area contributed by atoms with Crippen molar-refractivity contribution in [2.24, 2.45) is 0 Å². The van der Waals surface area contributed by atoms with Crippen LogP contribution in [0.25, 0.3) is 0 Å². The predicted molar refractivity (Wildman–Crippen MR) is 69.4 cm³/mol. The zero-order valence-corrected chi connectivity index (χ0v) is 10.9. The van der Waals surface area contributed by atoms with E-state index in [9.17, 15) is 0 Å². The van der Waals surface area contributed by atoms with Crippen LogP contribution in [0, 0.1) is 0 Å². The number of aliphatic hydroxyl groups is 1. The topological polar surface area (TPSA) is 46.1 Å². The average Bonchev–Trinajstić information content (AvgIpc) is 2.38. The van der Waals surface area contributed by atoms with Gasteiger partial charge >= 0.3 is 0 Å². The van der Waals surface area contributed by atoms with Gasteiger partial charge in [-0.2, -0.15) is 0 Å². The molecular weight excluding hydrogens is 214 g/mol. The summed E-state index contributed by atoms with van der Waals surface area (Å²) < 4.78 is 5.61. The summed E-state index contributed by atoms with van der Waals surface area (Å²) in [7, 11) is 0. The van der Waals surface area contributed by atoms with Crippen LogP contribution in [-0.4, -0.2) is 31.4 Å². The SMILES string of the molecule is CC[C@@H](C)c1ccc(OCC[NH2+]CCO)cc1. The molecule has 1 aromatic carbocycles. The van der Waals surface area contributed by atoms with E-state index in [1.54, 1.807) is 0 Å². The Bertz CT molecular complexity index is 298. The largest absolute Gasteiger partial charge is 0.488 e. The third-order valence-electron chi connectivity index (χ3n) is 2.99. The Kier molecular flexibility index (Phi) is 6.67. The van der Waals surface area contributed by atoms with Gasteiger partial charge in [0.15, 0.2) is 0 Å². The minimum Gasteiger partial charge on any atom is -0.488 e. The molecule has 0 spiro atoms. The molecule has 3 N–H and O–H groups in total. The minimum atomic E-state index is 0.226. The summed E-state index contributed by atoms with van der Waals surface area (Å²) in [6.45, 7) is 6.97. The zero-order valence-electron chi connectivity index (χ0n) is 10.9. The minimum absolute atomic E-state index is 0.226. The maximum atomic E-state index is 8.62. The summed E-state index contributed by atoms with van der Waals surface area (Å²) in [5, 5.41) is 10.7. The Balaban J connectivity index is 2.30. The Morgan fingerprint density at radius 1 is 1.24 bits per heavy atom. The number of hydrogen-bond donors (Lipinski definition) is 2. The van der Waals surface area contributed by atoms with Gasteiger partial charge in [-0.25, -0.2) is 0 Å². The molecule has 0 unspecified atom stereocenters. The fraction of sp³-hybridized carbons (Fsp3) is 0.571. The number of hydrogen-bond acceptors (Lipinski definition) is 2. The second-order valence-corrected chi connectivity index (χ2v) is 4.32. The lowest BCUT2D eigenvalue weighted by Crippen LogP contribution is -2.86. The molecule has 0 fully saturated rings. The molecule has 0 aliphatic rings. The molecule has 0 saturated carbocycles. The lowest BCUT2D eigenvalue weighted by Gasteiger charge is -2.10. The number of rotatable bonds is 8. The van der Waals surface area contributed by atoms with Crippen molar-refractivity contribution in [3.63, 3.8) is 0 Å². The van der Waals surface area contributed by atoms with Crippen LogP contribution in [0.2, 0.25) is 0 Å². The lowest BCUT2D eigenvalue weighted by atomic mass is 9.99. The van der Waals surface area contributed by atoms with Crippen molar-refractivity contribution in [1.82, 2.24) is 0 Å². The molecule has 1 aromatic rings. The van der Waals surface area contributed by atoms with Crippen LogP contribution in [0.4, 0.5) is 0 Å². The van der Waals surface area contributed by atoms with Gasteiger partial charge < -0.3 is 15.2 Å².